The van der Waals surface area contributed by atoms with Crippen LogP contribution in [0.5, 0.6) is 11.5 Å². The summed E-state index contributed by atoms with van der Waals surface area (Å²) in [4.78, 5) is 3.32. The number of ether oxygens (including phenoxy) is 1. The highest BCUT2D eigenvalue weighted by Crippen LogP contribution is 2.32. The topological polar surface area (TPSA) is 45.2 Å². The molecule has 0 bridgehead atoms. The van der Waals surface area contributed by atoms with Crippen LogP contribution in [0, 0.1) is 0 Å². The number of hydrogen-bond acceptors (Lipinski definition) is 2. The Morgan fingerprint density at radius 2 is 1.89 bits per heavy atom. The van der Waals surface area contributed by atoms with Gasteiger partial charge >= 0.3 is 0 Å². The number of methoxy groups -OCH3 is 1. The van der Waals surface area contributed by atoms with Crippen molar-refractivity contribution >= 4 is 10.9 Å². The van der Waals surface area contributed by atoms with Crippen LogP contribution in [0.3, 0.4) is 0 Å². The van der Waals surface area contributed by atoms with E-state index in [1.165, 1.54) is 7.11 Å². The van der Waals surface area contributed by atoms with Gasteiger partial charge in [0.15, 0.2) is 11.5 Å². The predicted molar refractivity (Wildman–Crippen MR) is 72.0 cm³/mol. The summed E-state index contributed by atoms with van der Waals surface area (Å²) in [5.74, 6) is 0.628. The lowest BCUT2D eigenvalue weighted by atomic mass is 10.1. The van der Waals surface area contributed by atoms with E-state index < -0.39 is 0 Å². The Kier molecular flexibility index (Phi) is 2.45. The van der Waals surface area contributed by atoms with Gasteiger partial charge in [-0.25, -0.2) is 0 Å². The monoisotopic (exact) mass is 239 g/mol. The van der Waals surface area contributed by atoms with Crippen LogP contribution in [0.25, 0.3) is 22.2 Å². The zero-order valence-electron chi connectivity index (χ0n) is 9.97. The molecule has 18 heavy (non-hydrogen) atoms. The maximum atomic E-state index is 9.79. The number of H-pyrrole nitrogens is 1. The number of fused-ring (bicyclic) bond motifs is 1. The normalized spacial score (nSPS) is 10.7. The van der Waals surface area contributed by atoms with Gasteiger partial charge in [-0.15, -0.1) is 0 Å². The molecule has 0 atom stereocenters. The number of para-hydroxylation sites is 1. The molecule has 3 nitrogen and oxygen atoms in total. The highest BCUT2D eigenvalue weighted by Gasteiger charge is 2.06. The molecule has 90 valence electrons. The van der Waals surface area contributed by atoms with Crippen molar-refractivity contribution in [3.05, 3.63) is 48.5 Å². The van der Waals surface area contributed by atoms with Crippen LogP contribution in [0.1, 0.15) is 0 Å². The van der Waals surface area contributed by atoms with Crippen LogP contribution in [0.2, 0.25) is 0 Å². The molecule has 0 fully saturated rings. The first-order valence-corrected chi connectivity index (χ1v) is 5.73. The van der Waals surface area contributed by atoms with Gasteiger partial charge in [-0.1, -0.05) is 18.2 Å². The van der Waals surface area contributed by atoms with Crippen LogP contribution in [0.4, 0.5) is 0 Å². The van der Waals surface area contributed by atoms with Gasteiger partial charge in [-0.2, -0.15) is 0 Å². The van der Waals surface area contributed by atoms with Crippen molar-refractivity contribution in [3.63, 3.8) is 0 Å². The van der Waals surface area contributed by atoms with Gasteiger partial charge < -0.3 is 14.8 Å². The van der Waals surface area contributed by atoms with Crippen LogP contribution >= 0.6 is 0 Å². The smallest absolute Gasteiger partial charge is 0.160 e. The molecule has 1 aromatic heterocycles. The number of hydrogen-bond donors (Lipinski definition) is 2. The molecule has 2 N–H and O–H groups in total. The van der Waals surface area contributed by atoms with Gasteiger partial charge in [-0.3, -0.25) is 0 Å². The van der Waals surface area contributed by atoms with Gasteiger partial charge in [0.05, 0.1) is 7.11 Å². The first kappa shape index (κ1) is 10.7. The molecular formula is C15H13NO2. The fraction of sp³-hybridized carbons (Fsp3) is 0.0667. The van der Waals surface area contributed by atoms with E-state index in [-0.39, 0.29) is 5.75 Å². The van der Waals surface area contributed by atoms with E-state index in [2.05, 4.69) is 17.1 Å². The van der Waals surface area contributed by atoms with E-state index in [4.69, 9.17) is 4.74 Å². The Bertz CT molecular complexity index is 668. The molecule has 3 heteroatoms. The summed E-state index contributed by atoms with van der Waals surface area (Å²) in [5, 5.41) is 10.9. The number of aromatic hydroxyl groups is 1. The van der Waals surface area contributed by atoms with Crippen molar-refractivity contribution in [2.24, 2.45) is 0 Å². The van der Waals surface area contributed by atoms with E-state index in [0.29, 0.717) is 5.75 Å². The molecule has 1 heterocycles. The first-order valence-electron chi connectivity index (χ1n) is 5.73. The average molecular weight is 239 g/mol. The predicted octanol–water partition coefficient (Wildman–Crippen LogP) is 3.55. The minimum atomic E-state index is 0.147. The van der Waals surface area contributed by atoms with Crippen molar-refractivity contribution in [1.82, 2.24) is 4.98 Å². The highest BCUT2D eigenvalue weighted by molar-refractivity contribution is 5.86. The molecule has 0 aliphatic heterocycles. The second kappa shape index (κ2) is 4.11. The standard InChI is InChI=1S/C15H13NO2/c1-18-15-7-6-11(9-14(15)17)13-8-10-4-2-3-5-12(10)16-13/h2-9,16-17H,1H3. The summed E-state index contributed by atoms with van der Waals surface area (Å²) in [6.45, 7) is 0. The minimum Gasteiger partial charge on any atom is -0.504 e. The largest absolute Gasteiger partial charge is 0.504 e. The Labute approximate surface area is 105 Å². The van der Waals surface area contributed by atoms with E-state index in [1.807, 2.05) is 24.3 Å². The van der Waals surface area contributed by atoms with E-state index in [1.54, 1.807) is 12.1 Å². The molecule has 0 radical (unpaired) electrons. The second-order valence-electron chi connectivity index (χ2n) is 4.16. The molecule has 0 spiro atoms. The Morgan fingerprint density at radius 1 is 1.06 bits per heavy atom. The summed E-state index contributed by atoms with van der Waals surface area (Å²) in [6.07, 6.45) is 0. The quantitative estimate of drug-likeness (QED) is 0.718. The first-order chi connectivity index (χ1) is 8.78. The fourth-order valence-electron chi connectivity index (χ4n) is 2.09. The summed E-state index contributed by atoms with van der Waals surface area (Å²) in [7, 11) is 1.54. The fourth-order valence-corrected chi connectivity index (χ4v) is 2.09. The molecule has 0 unspecified atom stereocenters. The number of benzene rings is 2. The third kappa shape index (κ3) is 1.70. The molecule has 0 aliphatic carbocycles. The number of phenols is 1. The van der Waals surface area contributed by atoms with Crippen molar-refractivity contribution in [1.29, 1.82) is 0 Å². The summed E-state index contributed by atoms with van der Waals surface area (Å²) >= 11 is 0. The van der Waals surface area contributed by atoms with Gasteiger partial charge in [0.2, 0.25) is 0 Å². The van der Waals surface area contributed by atoms with Gasteiger partial charge in [0.1, 0.15) is 0 Å². The van der Waals surface area contributed by atoms with E-state index in [9.17, 15) is 5.11 Å². The number of phenolic OH excluding ortho intramolecular Hbond substituents is 1. The average Bonchev–Trinajstić information content (AvgIpc) is 2.82. The maximum Gasteiger partial charge on any atom is 0.160 e. The zero-order valence-corrected chi connectivity index (χ0v) is 9.97. The van der Waals surface area contributed by atoms with Crippen LogP contribution in [0.15, 0.2) is 48.5 Å². The van der Waals surface area contributed by atoms with Crippen molar-refractivity contribution in [3.8, 4) is 22.8 Å². The number of aromatic amines is 1. The molecule has 0 saturated carbocycles. The SMILES string of the molecule is COc1ccc(-c2cc3ccccc3[nH]2)cc1O. The zero-order chi connectivity index (χ0) is 12.5. The lowest BCUT2D eigenvalue weighted by Crippen LogP contribution is -1.84. The molecule has 0 aliphatic rings. The minimum absolute atomic E-state index is 0.147. The molecule has 0 amide bonds. The molecular weight excluding hydrogens is 226 g/mol. The third-order valence-electron chi connectivity index (χ3n) is 3.02. The van der Waals surface area contributed by atoms with Crippen molar-refractivity contribution < 1.29 is 9.84 Å². The number of aromatic nitrogens is 1. The summed E-state index contributed by atoms with van der Waals surface area (Å²) in [6, 6.07) is 15.5. The van der Waals surface area contributed by atoms with Crippen molar-refractivity contribution in [2.45, 2.75) is 0 Å². The number of nitrogens with one attached hydrogen (secondary N) is 1. The lowest BCUT2D eigenvalue weighted by Gasteiger charge is -2.04. The molecule has 2 aromatic carbocycles. The summed E-state index contributed by atoms with van der Waals surface area (Å²) < 4.78 is 5.03. The van der Waals surface area contributed by atoms with Crippen molar-refractivity contribution in [2.75, 3.05) is 7.11 Å². The second-order valence-corrected chi connectivity index (χ2v) is 4.16. The Morgan fingerprint density at radius 3 is 2.61 bits per heavy atom. The maximum absolute atomic E-state index is 9.79. The van der Waals surface area contributed by atoms with Gasteiger partial charge in [0.25, 0.3) is 0 Å². The van der Waals surface area contributed by atoms with Crippen LogP contribution in [-0.2, 0) is 0 Å². The van der Waals surface area contributed by atoms with Gasteiger partial charge in [0, 0.05) is 22.2 Å². The van der Waals surface area contributed by atoms with Crippen LogP contribution in [-0.4, -0.2) is 17.2 Å². The third-order valence-corrected chi connectivity index (χ3v) is 3.02. The van der Waals surface area contributed by atoms with E-state index >= 15 is 0 Å². The van der Waals surface area contributed by atoms with Crippen LogP contribution < -0.4 is 4.74 Å². The molecule has 0 saturated heterocycles. The van der Waals surface area contributed by atoms with E-state index in [0.717, 1.165) is 22.2 Å². The number of rotatable bonds is 2. The Balaban J connectivity index is 2.11. The summed E-state index contributed by atoms with van der Waals surface area (Å²) in [5.41, 5.74) is 3.00. The highest BCUT2D eigenvalue weighted by atomic mass is 16.5. The molecule has 3 rings (SSSR count). The Hall–Kier alpha value is -2.42. The van der Waals surface area contributed by atoms with Gasteiger partial charge in [-0.05, 0) is 30.3 Å². The molecule has 3 aromatic rings. The lowest BCUT2D eigenvalue weighted by molar-refractivity contribution is 0.373.